The normalized spacial score (nSPS) is 19.2. The molecule has 1 saturated carbocycles. The van der Waals surface area contributed by atoms with Crippen molar-refractivity contribution in [1.29, 1.82) is 0 Å². The molecule has 2 unspecified atom stereocenters. The van der Waals surface area contributed by atoms with Crippen LogP contribution in [0, 0.1) is 12.8 Å². The molecule has 1 amide bonds. The summed E-state index contributed by atoms with van der Waals surface area (Å²) >= 11 is 0. The molecule has 0 spiro atoms. The molecule has 1 aromatic carbocycles. The molecule has 6 nitrogen and oxygen atoms in total. The van der Waals surface area contributed by atoms with E-state index in [4.69, 9.17) is 4.74 Å². The first-order valence-electron chi connectivity index (χ1n) is 13.8. The lowest BCUT2D eigenvalue weighted by atomic mass is 9.89. The first-order chi connectivity index (χ1) is 19.3. The summed E-state index contributed by atoms with van der Waals surface area (Å²) in [4.78, 5) is 12.5. The van der Waals surface area contributed by atoms with Gasteiger partial charge in [0, 0.05) is 37.2 Å². The number of ether oxygens (including phenoxy) is 1. The molecule has 1 aliphatic carbocycles. The fourth-order valence-corrected chi connectivity index (χ4v) is 6.59. The van der Waals surface area contributed by atoms with Crippen LogP contribution in [-0.4, -0.2) is 46.2 Å². The van der Waals surface area contributed by atoms with Crippen LogP contribution in [0.1, 0.15) is 73.5 Å². The van der Waals surface area contributed by atoms with Gasteiger partial charge in [-0.15, -0.1) is 0 Å². The van der Waals surface area contributed by atoms with Gasteiger partial charge in [-0.1, -0.05) is 25.3 Å². The molecular weight excluding hydrogens is 572 g/mol. The number of hydrogen-bond donors (Lipinski definition) is 2. The Hall–Kier alpha value is -2.38. The summed E-state index contributed by atoms with van der Waals surface area (Å²) in [5.41, 5.74) is 0.198. The lowest BCUT2D eigenvalue weighted by Crippen LogP contribution is -2.40. The van der Waals surface area contributed by atoms with Crippen LogP contribution < -0.4 is 10.0 Å². The number of nitrogens with one attached hydrogen (secondary N) is 2. The summed E-state index contributed by atoms with van der Waals surface area (Å²) in [6.45, 7) is 4.03. The van der Waals surface area contributed by atoms with Crippen LogP contribution in [0.15, 0.2) is 29.2 Å². The molecule has 2 aromatic rings. The van der Waals surface area contributed by atoms with E-state index in [1.807, 2.05) is 4.57 Å². The Morgan fingerprint density at radius 3 is 2.32 bits per heavy atom. The quantitative estimate of drug-likeness (QED) is 0.335. The molecule has 1 aromatic heterocycles. The van der Waals surface area contributed by atoms with E-state index in [0.29, 0.717) is 62.4 Å². The molecule has 0 radical (unpaired) electrons. The number of nitrogens with zero attached hydrogens (tertiary/aromatic N) is 1. The van der Waals surface area contributed by atoms with Gasteiger partial charge in [0.15, 0.2) is 0 Å². The van der Waals surface area contributed by atoms with Crippen molar-refractivity contribution >= 4 is 16.9 Å². The maximum absolute atomic E-state index is 14.2. The first-order valence-corrected chi connectivity index (χ1v) is 15.0. The lowest BCUT2D eigenvalue weighted by Gasteiger charge is -2.25. The zero-order valence-corrected chi connectivity index (χ0v) is 23.8. The van der Waals surface area contributed by atoms with Crippen LogP contribution in [0.3, 0.4) is 0 Å². The number of benzene rings is 1. The predicted molar refractivity (Wildman–Crippen MR) is 143 cm³/mol. The highest BCUT2D eigenvalue weighted by Gasteiger charge is 2.40. The summed E-state index contributed by atoms with van der Waals surface area (Å²) in [6, 6.07) is 2.28. The van der Waals surface area contributed by atoms with Gasteiger partial charge in [0.25, 0.3) is 5.91 Å². The zero-order valence-electron chi connectivity index (χ0n) is 23.0. The van der Waals surface area contributed by atoms with Gasteiger partial charge in [-0.05, 0) is 69.2 Å². The molecular formula is C28H35F6N3O3S. The largest absolute Gasteiger partial charge is 0.417 e. The zero-order chi connectivity index (χ0) is 29.9. The molecule has 1 saturated heterocycles. The van der Waals surface area contributed by atoms with Crippen LogP contribution in [0.2, 0.25) is 0 Å². The highest BCUT2D eigenvalue weighted by molar-refractivity contribution is 7.83. The average molecular weight is 608 g/mol. The summed E-state index contributed by atoms with van der Waals surface area (Å²) in [6.07, 6.45) is -3.27. The number of hydrogen-bond acceptors (Lipinski definition) is 3. The minimum Gasteiger partial charge on any atom is -0.381 e. The minimum absolute atomic E-state index is 0.0709. The predicted octanol–water partition coefficient (Wildman–Crippen LogP) is 6.53. The van der Waals surface area contributed by atoms with E-state index in [9.17, 15) is 35.3 Å². The second-order valence-corrected chi connectivity index (χ2v) is 12.1. The number of alkyl halides is 6. The average Bonchev–Trinajstić information content (AvgIpc) is 3.24. The van der Waals surface area contributed by atoms with Gasteiger partial charge in [-0.3, -0.25) is 4.79 Å². The smallest absolute Gasteiger partial charge is 0.381 e. The number of carbonyl (C=O) groups is 1. The fourth-order valence-electron chi connectivity index (χ4n) is 5.45. The fraction of sp³-hybridized carbons (Fsp3) is 0.607. The van der Waals surface area contributed by atoms with Gasteiger partial charge in [-0.25, -0.2) is 8.93 Å². The molecule has 2 heterocycles. The van der Waals surface area contributed by atoms with Crippen molar-refractivity contribution < 1.29 is 40.1 Å². The van der Waals surface area contributed by atoms with Crippen molar-refractivity contribution in [3.63, 3.8) is 0 Å². The van der Waals surface area contributed by atoms with Gasteiger partial charge in [0.05, 0.1) is 16.0 Å². The molecule has 0 bridgehead atoms. The van der Waals surface area contributed by atoms with Crippen molar-refractivity contribution in [3.05, 3.63) is 41.1 Å². The number of carbonyl (C=O) groups excluding carboxylic acids is 1. The van der Waals surface area contributed by atoms with Crippen molar-refractivity contribution in [2.75, 3.05) is 13.2 Å². The van der Waals surface area contributed by atoms with Crippen LogP contribution in [-0.2, 0) is 28.4 Å². The molecule has 41 heavy (non-hydrogen) atoms. The van der Waals surface area contributed by atoms with Crippen molar-refractivity contribution in [2.45, 2.75) is 94.7 Å². The highest BCUT2D eigenvalue weighted by Crippen LogP contribution is 2.38. The SMILES string of the molecule is Cc1c(C(=O)NC2CCOCC2)cc(-c2ccc(S(=O)NC(C)C(F)(F)F)c(C(F)(F)F)c2)n1CC1CCCCC1. The molecule has 4 rings (SSSR count). The molecule has 2 N–H and O–H groups in total. The van der Waals surface area contributed by atoms with E-state index in [1.54, 1.807) is 17.7 Å². The molecule has 2 fully saturated rings. The van der Waals surface area contributed by atoms with Crippen LogP contribution in [0.25, 0.3) is 11.3 Å². The van der Waals surface area contributed by atoms with E-state index in [1.165, 1.54) is 6.07 Å². The van der Waals surface area contributed by atoms with Gasteiger partial charge in [-0.2, -0.15) is 26.3 Å². The minimum atomic E-state index is -4.98. The van der Waals surface area contributed by atoms with E-state index in [2.05, 4.69) is 5.32 Å². The van der Waals surface area contributed by atoms with Crippen LogP contribution >= 0.6 is 0 Å². The van der Waals surface area contributed by atoms with E-state index >= 15 is 0 Å². The lowest BCUT2D eigenvalue weighted by molar-refractivity contribution is -0.146. The summed E-state index contributed by atoms with van der Waals surface area (Å²) in [5, 5.41) is 3.01. The molecule has 228 valence electrons. The Balaban J connectivity index is 1.73. The molecule has 1 aliphatic heterocycles. The number of halogens is 6. The molecule has 2 aliphatic rings. The Labute approximate surface area is 237 Å². The van der Waals surface area contributed by atoms with Crippen molar-refractivity contribution in [3.8, 4) is 11.3 Å². The highest BCUT2D eigenvalue weighted by atomic mass is 32.2. The third-order valence-electron chi connectivity index (χ3n) is 7.89. The van der Waals surface area contributed by atoms with E-state index in [-0.39, 0.29) is 17.5 Å². The maximum Gasteiger partial charge on any atom is 0.417 e. The van der Waals surface area contributed by atoms with Gasteiger partial charge in [0.2, 0.25) is 0 Å². The number of rotatable bonds is 8. The monoisotopic (exact) mass is 607 g/mol. The number of aromatic nitrogens is 1. The molecule has 2 atom stereocenters. The second kappa shape index (κ2) is 12.9. The molecule has 13 heteroatoms. The first kappa shape index (κ1) is 31.6. The van der Waals surface area contributed by atoms with Crippen LogP contribution in [0.5, 0.6) is 0 Å². The number of amides is 1. The Bertz CT molecular complexity index is 1250. The van der Waals surface area contributed by atoms with E-state index < -0.39 is 39.8 Å². The van der Waals surface area contributed by atoms with Crippen molar-refractivity contribution in [2.24, 2.45) is 5.92 Å². The Morgan fingerprint density at radius 1 is 1.05 bits per heavy atom. The maximum atomic E-state index is 14.2. The van der Waals surface area contributed by atoms with Gasteiger partial charge >= 0.3 is 12.4 Å². The van der Waals surface area contributed by atoms with E-state index in [0.717, 1.165) is 44.2 Å². The summed E-state index contributed by atoms with van der Waals surface area (Å²) < 4.78 is 103. The van der Waals surface area contributed by atoms with Gasteiger partial charge in [0.1, 0.15) is 17.0 Å². The second-order valence-electron chi connectivity index (χ2n) is 10.9. The van der Waals surface area contributed by atoms with Gasteiger partial charge < -0.3 is 14.6 Å². The third kappa shape index (κ3) is 7.72. The standard InChI is InChI=1S/C28H35F6N3O3S/c1-17-22(26(38)35-21-10-12-40-13-11-21)15-24(37(17)16-19-6-4-3-5-7-19)20-8-9-25(23(14-20)28(32,33)34)41(39)36-18(2)27(29,30)31/h8-9,14-15,18-19,21,36H,3-7,10-13,16H2,1-2H3,(H,35,38). The summed E-state index contributed by atoms with van der Waals surface area (Å²) in [7, 11) is -2.78. The Morgan fingerprint density at radius 2 is 1.71 bits per heavy atom. The van der Waals surface area contributed by atoms with Crippen LogP contribution in [0.4, 0.5) is 26.3 Å². The summed E-state index contributed by atoms with van der Waals surface area (Å²) in [5.74, 6) is -0.0286. The topological polar surface area (TPSA) is 72.4 Å². The third-order valence-corrected chi connectivity index (χ3v) is 9.21. The Kier molecular flexibility index (Phi) is 9.90. The van der Waals surface area contributed by atoms with Crippen molar-refractivity contribution in [1.82, 2.24) is 14.6 Å².